The second kappa shape index (κ2) is 11.1. The highest BCUT2D eigenvalue weighted by atomic mass is 32.1. The van der Waals surface area contributed by atoms with Crippen molar-refractivity contribution in [2.75, 3.05) is 13.2 Å². The molecule has 33 heavy (non-hydrogen) atoms. The zero-order chi connectivity index (χ0) is 25.0. The minimum atomic E-state index is -0.428. The van der Waals surface area contributed by atoms with Crippen LogP contribution in [-0.4, -0.2) is 36.8 Å². The smallest absolute Gasteiger partial charge is 0.330 e. The highest BCUT2D eigenvalue weighted by Crippen LogP contribution is 2.39. The normalized spacial score (nSPS) is 18.9. The van der Waals surface area contributed by atoms with Gasteiger partial charge in [-0.15, -0.1) is 0 Å². The van der Waals surface area contributed by atoms with E-state index in [0.717, 1.165) is 35.3 Å². The molecule has 1 aromatic carbocycles. The highest BCUT2D eigenvalue weighted by Gasteiger charge is 2.43. The zero-order valence-electron chi connectivity index (χ0n) is 22.1. The van der Waals surface area contributed by atoms with Crippen LogP contribution in [0.3, 0.4) is 0 Å². The number of allylic oxidation sites excluding steroid dienone is 1. The molecule has 3 rings (SSSR count). The molecular weight excluding hydrogens is 427 g/mol. The van der Waals surface area contributed by atoms with E-state index in [0.29, 0.717) is 19.0 Å². The van der Waals surface area contributed by atoms with Gasteiger partial charge in [-0.1, -0.05) is 56.6 Å². The van der Waals surface area contributed by atoms with Crippen molar-refractivity contribution in [3.8, 4) is 0 Å². The maximum absolute atomic E-state index is 13.1. The Morgan fingerprint density at radius 2 is 1.79 bits per heavy atom. The molecule has 0 amide bonds. The largest absolute Gasteiger partial charge is 0.428 e. The van der Waals surface area contributed by atoms with Gasteiger partial charge in [0, 0.05) is 23.9 Å². The predicted molar refractivity (Wildman–Crippen MR) is 144 cm³/mol. The molecule has 3 nitrogen and oxygen atoms in total. The van der Waals surface area contributed by atoms with Gasteiger partial charge in [-0.2, -0.15) is 12.6 Å². The number of benzene rings is 1. The third-order valence-corrected chi connectivity index (χ3v) is 7.88. The second-order valence-electron chi connectivity index (χ2n) is 11.4. The number of rotatable bonds is 7. The molecule has 0 spiro atoms. The third-order valence-electron chi connectivity index (χ3n) is 7.35. The van der Waals surface area contributed by atoms with Crippen LogP contribution in [0.5, 0.6) is 0 Å². The summed E-state index contributed by atoms with van der Waals surface area (Å²) < 4.78 is 11.3. The molecule has 1 radical (unpaired) electrons. The average Bonchev–Trinajstić information content (AvgIpc) is 2.71. The van der Waals surface area contributed by atoms with Gasteiger partial charge in [-0.05, 0) is 77.3 Å². The maximum Gasteiger partial charge on any atom is 0.330 e. The summed E-state index contributed by atoms with van der Waals surface area (Å²) >= 11 is 4.65. The molecule has 0 atom stereocenters. The van der Waals surface area contributed by atoms with E-state index in [1.54, 1.807) is 7.48 Å². The van der Waals surface area contributed by atoms with E-state index in [9.17, 15) is 4.79 Å². The number of ketones is 1. The molecule has 5 heteroatoms. The molecule has 2 fully saturated rings. The summed E-state index contributed by atoms with van der Waals surface area (Å²) in [4.78, 5) is 13.1. The molecule has 0 bridgehead atoms. The molecule has 0 N–H and O–H groups in total. The van der Waals surface area contributed by atoms with Crippen molar-refractivity contribution in [2.24, 2.45) is 11.8 Å². The number of hydrogen-bond donors (Lipinski definition) is 1. The molecule has 1 heterocycles. The number of thiol groups is 1. The SMILES string of the molecule is C=C1CC(C)C1.Cc1cc([B]OC(C)(C)C(C)(C)S)ccc1C1(C(=O)C(C)C)CCOCC1. The maximum atomic E-state index is 13.1. The Kier molecular flexibility index (Phi) is 9.52. The van der Waals surface area contributed by atoms with Crippen LogP contribution in [0.1, 0.15) is 85.3 Å². The first kappa shape index (κ1) is 28.2. The lowest BCUT2D eigenvalue weighted by Gasteiger charge is -2.39. The summed E-state index contributed by atoms with van der Waals surface area (Å²) in [5, 5.41) is 0. The van der Waals surface area contributed by atoms with Crippen LogP contribution >= 0.6 is 12.6 Å². The molecule has 1 saturated heterocycles. The van der Waals surface area contributed by atoms with Crippen LogP contribution in [0.4, 0.5) is 0 Å². The summed E-state index contributed by atoms with van der Waals surface area (Å²) in [6, 6.07) is 6.27. The summed E-state index contributed by atoms with van der Waals surface area (Å²) in [5.74, 6) is 1.27. The molecule has 1 aliphatic carbocycles. The third kappa shape index (κ3) is 6.99. The number of carbonyl (C=O) groups is 1. The van der Waals surface area contributed by atoms with Gasteiger partial charge in [0.1, 0.15) is 5.78 Å². The molecule has 1 aliphatic heterocycles. The Bertz CT molecular complexity index is 824. The van der Waals surface area contributed by atoms with Gasteiger partial charge in [-0.25, -0.2) is 0 Å². The van der Waals surface area contributed by atoms with Crippen molar-refractivity contribution in [3.63, 3.8) is 0 Å². The molecule has 0 aromatic heterocycles. The summed E-state index contributed by atoms with van der Waals surface area (Å²) in [5.41, 5.74) is 3.87. The van der Waals surface area contributed by atoms with E-state index in [4.69, 9.17) is 9.39 Å². The van der Waals surface area contributed by atoms with E-state index in [2.05, 4.69) is 51.3 Å². The average molecular weight is 472 g/mol. The van der Waals surface area contributed by atoms with Crippen molar-refractivity contribution in [1.82, 2.24) is 0 Å². The molecular formula is C28H44BO3S. The molecule has 1 saturated carbocycles. The van der Waals surface area contributed by atoms with E-state index in [-0.39, 0.29) is 10.7 Å². The van der Waals surface area contributed by atoms with Crippen molar-refractivity contribution in [3.05, 3.63) is 41.5 Å². The Morgan fingerprint density at radius 3 is 2.18 bits per heavy atom. The first-order valence-corrected chi connectivity index (χ1v) is 12.8. The Hall–Kier alpha value is -1.04. The van der Waals surface area contributed by atoms with Crippen LogP contribution in [0.15, 0.2) is 30.4 Å². The number of aryl methyl sites for hydroxylation is 1. The van der Waals surface area contributed by atoms with Crippen molar-refractivity contribution >= 4 is 31.4 Å². The summed E-state index contributed by atoms with van der Waals surface area (Å²) in [6.07, 6.45) is 4.07. The lowest BCUT2D eigenvalue weighted by Crippen LogP contribution is -2.46. The van der Waals surface area contributed by atoms with E-state index < -0.39 is 11.0 Å². The first-order valence-electron chi connectivity index (χ1n) is 12.3. The number of carbonyl (C=O) groups excluding carboxylic acids is 1. The van der Waals surface area contributed by atoms with Gasteiger partial charge < -0.3 is 9.39 Å². The lowest BCUT2D eigenvalue weighted by atomic mass is 9.66. The van der Waals surface area contributed by atoms with E-state index in [1.165, 1.54) is 18.4 Å². The first-order chi connectivity index (χ1) is 15.2. The fraction of sp³-hybridized carbons (Fsp3) is 0.679. The number of ether oxygens (including phenoxy) is 1. The summed E-state index contributed by atoms with van der Waals surface area (Å²) in [7, 11) is 1.80. The van der Waals surface area contributed by atoms with Crippen molar-refractivity contribution in [2.45, 2.75) is 96.8 Å². The van der Waals surface area contributed by atoms with Crippen LogP contribution in [-0.2, 0) is 19.6 Å². The van der Waals surface area contributed by atoms with Crippen LogP contribution < -0.4 is 5.46 Å². The fourth-order valence-corrected chi connectivity index (χ4v) is 4.56. The van der Waals surface area contributed by atoms with Gasteiger partial charge in [0.2, 0.25) is 0 Å². The Labute approximate surface area is 208 Å². The van der Waals surface area contributed by atoms with Crippen molar-refractivity contribution < 1.29 is 14.2 Å². The molecule has 1 aromatic rings. The van der Waals surface area contributed by atoms with Gasteiger partial charge in [0.15, 0.2) is 0 Å². The molecule has 0 unspecified atom stereocenters. The second-order valence-corrected chi connectivity index (χ2v) is 12.5. The zero-order valence-corrected chi connectivity index (χ0v) is 23.0. The van der Waals surface area contributed by atoms with Gasteiger partial charge in [0.25, 0.3) is 0 Å². The van der Waals surface area contributed by atoms with Crippen LogP contribution in [0.25, 0.3) is 0 Å². The minimum Gasteiger partial charge on any atom is -0.428 e. The lowest BCUT2D eigenvalue weighted by molar-refractivity contribution is -0.131. The molecule has 2 aliphatic rings. The number of hydrogen-bond acceptors (Lipinski definition) is 4. The predicted octanol–water partition coefficient (Wildman–Crippen LogP) is 5.99. The van der Waals surface area contributed by atoms with Gasteiger partial charge in [0.05, 0.1) is 11.0 Å². The van der Waals surface area contributed by atoms with Gasteiger partial charge in [-0.3, -0.25) is 4.79 Å². The van der Waals surface area contributed by atoms with E-state index in [1.807, 2.05) is 41.5 Å². The standard InChI is InChI=1S/C22H34BO3S.C6H10/c1-15(2)19(24)22(10-12-25-13-11-22)18-9-8-17(14-16(18)3)23-26-20(4,5)21(6,7)27;1-5-3-6(2)4-5/h8-9,14-15,27H,10-13H2,1-7H3;6H,1,3-4H2,2H3. The monoisotopic (exact) mass is 471 g/mol. The Morgan fingerprint density at radius 1 is 1.21 bits per heavy atom. The van der Waals surface area contributed by atoms with E-state index >= 15 is 0 Å². The minimum absolute atomic E-state index is 0.00971. The fourth-order valence-electron chi connectivity index (χ4n) is 4.50. The topological polar surface area (TPSA) is 35.5 Å². The number of Topliss-reactive ketones (excluding diaryl/α,β-unsaturated/α-hetero) is 1. The highest BCUT2D eigenvalue weighted by molar-refractivity contribution is 7.81. The van der Waals surface area contributed by atoms with Crippen LogP contribution in [0.2, 0.25) is 0 Å². The van der Waals surface area contributed by atoms with Gasteiger partial charge >= 0.3 is 7.48 Å². The van der Waals surface area contributed by atoms with Crippen molar-refractivity contribution in [1.29, 1.82) is 0 Å². The Balaban J connectivity index is 0.000000554. The molecule has 183 valence electrons. The van der Waals surface area contributed by atoms with Crippen LogP contribution in [0, 0.1) is 18.8 Å². The quantitative estimate of drug-likeness (QED) is 0.302. The summed E-state index contributed by atoms with van der Waals surface area (Å²) in [6.45, 7) is 21.6.